The van der Waals surface area contributed by atoms with E-state index in [0.29, 0.717) is 11.3 Å². The van der Waals surface area contributed by atoms with Gasteiger partial charge in [-0.3, -0.25) is 4.79 Å². The zero-order chi connectivity index (χ0) is 18.4. The standard InChI is InChI=1S/C16H19F3N2O4/c1-10(20-15(23)25-9-16(17,18)19)11-2-6-13(7-3-11)24-8-14(22)21-12-4-5-12/h2-3,6-7,10,12H,4-5,8-9H2,1H3,(H,20,23)(H,21,22)/t10-/m0/s1. The van der Waals surface area contributed by atoms with E-state index in [1.54, 1.807) is 31.2 Å². The molecule has 1 saturated carbocycles. The number of hydrogen-bond donors (Lipinski definition) is 2. The number of hydrogen-bond acceptors (Lipinski definition) is 4. The van der Waals surface area contributed by atoms with Crippen LogP contribution in [0.4, 0.5) is 18.0 Å². The van der Waals surface area contributed by atoms with E-state index < -0.39 is 24.9 Å². The third-order valence-electron chi connectivity index (χ3n) is 3.39. The van der Waals surface area contributed by atoms with Crippen LogP contribution in [-0.4, -0.2) is 37.4 Å². The molecule has 1 aromatic carbocycles. The third-order valence-corrected chi connectivity index (χ3v) is 3.39. The molecule has 2 amide bonds. The van der Waals surface area contributed by atoms with Gasteiger partial charge in [-0.2, -0.15) is 13.2 Å². The fourth-order valence-corrected chi connectivity index (χ4v) is 1.95. The van der Waals surface area contributed by atoms with Crippen LogP contribution in [0.2, 0.25) is 0 Å². The maximum absolute atomic E-state index is 12.0. The van der Waals surface area contributed by atoms with Gasteiger partial charge in [0.15, 0.2) is 13.2 Å². The van der Waals surface area contributed by atoms with Gasteiger partial charge >= 0.3 is 12.3 Å². The van der Waals surface area contributed by atoms with E-state index in [1.807, 2.05) is 0 Å². The summed E-state index contributed by atoms with van der Waals surface area (Å²) < 4.78 is 45.3. The lowest BCUT2D eigenvalue weighted by atomic mass is 10.1. The Hall–Kier alpha value is -2.45. The van der Waals surface area contributed by atoms with E-state index in [4.69, 9.17) is 4.74 Å². The zero-order valence-electron chi connectivity index (χ0n) is 13.6. The Kier molecular flexibility index (Phi) is 6.11. The van der Waals surface area contributed by atoms with Crippen molar-refractivity contribution in [2.45, 2.75) is 38.0 Å². The maximum atomic E-state index is 12.0. The Morgan fingerprint density at radius 2 is 1.88 bits per heavy atom. The summed E-state index contributed by atoms with van der Waals surface area (Å²) in [5.41, 5.74) is 0.652. The number of amides is 2. The van der Waals surface area contributed by atoms with E-state index in [-0.39, 0.29) is 18.6 Å². The van der Waals surface area contributed by atoms with Gasteiger partial charge in [-0.15, -0.1) is 0 Å². The van der Waals surface area contributed by atoms with Gasteiger partial charge in [0.1, 0.15) is 5.75 Å². The topological polar surface area (TPSA) is 76.7 Å². The van der Waals surface area contributed by atoms with Gasteiger partial charge < -0.3 is 20.1 Å². The first-order chi connectivity index (χ1) is 11.7. The molecular formula is C16H19F3N2O4. The van der Waals surface area contributed by atoms with Crippen LogP contribution >= 0.6 is 0 Å². The number of nitrogens with one attached hydrogen (secondary N) is 2. The number of halogens is 3. The van der Waals surface area contributed by atoms with Gasteiger partial charge in [0.25, 0.3) is 5.91 Å². The summed E-state index contributed by atoms with van der Waals surface area (Å²) in [6, 6.07) is 6.22. The normalized spacial score (nSPS) is 15.2. The van der Waals surface area contributed by atoms with Crippen LogP contribution in [0.15, 0.2) is 24.3 Å². The highest BCUT2D eigenvalue weighted by molar-refractivity contribution is 5.78. The van der Waals surface area contributed by atoms with Crippen molar-refractivity contribution in [2.24, 2.45) is 0 Å². The van der Waals surface area contributed by atoms with Gasteiger partial charge in [-0.1, -0.05) is 12.1 Å². The van der Waals surface area contributed by atoms with Crippen LogP contribution in [-0.2, 0) is 9.53 Å². The van der Waals surface area contributed by atoms with Crippen molar-refractivity contribution in [3.05, 3.63) is 29.8 Å². The molecule has 0 spiro atoms. The molecule has 6 nitrogen and oxygen atoms in total. The van der Waals surface area contributed by atoms with E-state index >= 15 is 0 Å². The molecule has 9 heteroatoms. The Labute approximate surface area is 142 Å². The van der Waals surface area contributed by atoms with Crippen LogP contribution in [0.3, 0.4) is 0 Å². The highest BCUT2D eigenvalue weighted by Crippen LogP contribution is 2.20. The summed E-state index contributed by atoms with van der Waals surface area (Å²) in [6.45, 7) is -0.123. The molecule has 2 N–H and O–H groups in total. The highest BCUT2D eigenvalue weighted by Gasteiger charge is 2.29. The minimum atomic E-state index is -4.56. The molecule has 1 fully saturated rings. The molecule has 25 heavy (non-hydrogen) atoms. The Morgan fingerprint density at radius 1 is 1.24 bits per heavy atom. The van der Waals surface area contributed by atoms with Crippen molar-refractivity contribution in [3.63, 3.8) is 0 Å². The summed E-state index contributed by atoms with van der Waals surface area (Å²) in [4.78, 5) is 22.8. The minimum absolute atomic E-state index is 0.0899. The number of carbonyl (C=O) groups excluding carboxylic acids is 2. The molecule has 0 radical (unpaired) electrons. The van der Waals surface area contributed by atoms with Crippen molar-refractivity contribution in [1.82, 2.24) is 10.6 Å². The van der Waals surface area contributed by atoms with Gasteiger partial charge in [-0.05, 0) is 37.5 Å². The first kappa shape index (κ1) is 18.9. The van der Waals surface area contributed by atoms with Crippen LogP contribution in [0.1, 0.15) is 31.4 Å². The first-order valence-corrected chi connectivity index (χ1v) is 7.75. The van der Waals surface area contributed by atoms with Crippen LogP contribution in [0.5, 0.6) is 5.75 Å². The molecule has 2 rings (SSSR count). The van der Waals surface area contributed by atoms with Crippen molar-refractivity contribution >= 4 is 12.0 Å². The fraction of sp³-hybridized carbons (Fsp3) is 0.500. The number of rotatable bonds is 7. The molecular weight excluding hydrogens is 341 g/mol. The van der Waals surface area contributed by atoms with E-state index in [9.17, 15) is 22.8 Å². The SMILES string of the molecule is C[C@H](NC(=O)OCC(F)(F)F)c1ccc(OCC(=O)NC2CC2)cc1. The average Bonchev–Trinajstić information content (AvgIpc) is 3.34. The fourth-order valence-electron chi connectivity index (χ4n) is 1.95. The second-order valence-electron chi connectivity index (χ2n) is 5.76. The van der Waals surface area contributed by atoms with Crippen molar-refractivity contribution in [1.29, 1.82) is 0 Å². The van der Waals surface area contributed by atoms with Crippen molar-refractivity contribution < 1.29 is 32.2 Å². The van der Waals surface area contributed by atoms with Crippen molar-refractivity contribution in [3.8, 4) is 5.75 Å². The molecule has 1 aliphatic carbocycles. The predicted octanol–water partition coefficient (Wildman–Crippen LogP) is 2.69. The van der Waals surface area contributed by atoms with Crippen LogP contribution in [0, 0.1) is 0 Å². The molecule has 0 heterocycles. The lowest BCUT2D eigenvalue weighted by Gasteiger charge is -2.15. The Morgan fingerprint density at radius 3 is 2.44 bits per heavy atom. The lowest BCUT2D eigenvalue weighted by Crippen LogP contribution is -2.31. The zero-order valence-corrected chi connectivity index (χ0v) is 13.6. The molecule has 0 aromatic heterocycles. The molecule has 0 bridgehead atoms. The van der Waals surface area contributed by atoms with E-state index in [1.165, 1.54) is 0 Å². The minimum Gasteiger partial charge on any atom is -0.484 e. The second-order valence-corrected chi connectivity index (χ2v) is 5.76. The molecule has 0 unspecified atom stereocenters. The number of carbonyl (C=O) groups is 2. The summed E-state index contributed by atoms with van der Waals surface area (Å²) >= 11 is 0. The highest BCUT2D eigenvalue weighted by atomic mass is 19.4. The largest absolute Gasteiger partial charge is 0.484 e. The first-order valence-electron chi connectivity index (χ1n) is 7.75. The smallest absolute Gasteiger partial charge is 0.422 e. The second kappa shape index (κ2) is 8.09. The Bertz CT molecular complexity index is 600. The summed E-state index contributed by atoms with van der Waals surface area (Å²) in [5.74, 6) is 0.288. The van der Waals surface area contributed by atoms with Gasteiger partial charge in [0.2, 0.25) is 0 Å². The molecule has 138 valence electrons. The number of alkyl halides is 3. The predicted molar refractivity (Wildman–Crippen MR) is 82.1 cm³/mol. The van der Waals surface area contributed by atoms with Gasteiger partial charge in [0.05, 0.1) is 6.04 Å². The van der Waals surface area contributed by atoms with Gasteiger partial charge in [-0.25, -0.2) is 4.79 Å². The summed E-state index contributed by atoms with van der Waals surface area (Å²) in [7, 11) is 0. The van der Waals surface area contributed by atoms with Crippen LogP contribution < -0.4 is 15.4 Å². The summed E-state index contributed by atoms with van der Waals surface area (Å²) in [5, 5.41) is 5.09. The molecule has 1 atom stereocenters. The van der Waals surface area contributed by atoms with Crippen LogP contribution in [0.25, 0.3) is 0 Å². The number of benzene rings is 1. The monoisotopic (exact) mass is 360 g/mol. The summed E-state index contributed by atoms with van der Waals surface area (Å²) in [6.07, 6.45) is -3.72. The number of alkyl carbamates (subject to hydrolysis) is 1. The maximum Gasteiger partial charge on any atom is 0.422 e. The Balaban J connectivity index is 1.75. The molecule has 0 saturated heterocycles. The van der Waals surface area contributed by atoms with E-state index in [2.05, 4.69) is 15.4 Å². The van der Waals surface area contributed by atoms with Gasteiger partial charge in [0, 0.05) is 6.04 Å². The average molecular weight is 360 g/mol. The van der Waals surface area contributed by atoms with E-state index in [0.717, 1.165) is 12.8 Å². The molecule has 0 aliphatic heterocycles. The quantitative estimate of drug-likeness (QED) is 0.784. The molecule has 1 aliphatic rings. The lowest BCUT2D eigenvalue weighted by molar-refractivity contribution is -0.160. The molecule has 1 aromatic rings. The van der Waals surface area contributed by atoms with Crippen molar-refractivity contribution in [2.75, 3.05) is 13.2 Å². The number of ether oxygens (including phenoxy) is 2. The third kappa shape index (κ3) is 7.32.